The van der Waals surface area contributed by atoms with Gasteiger partial charge < -0.3 is 14.2 Å². The third-order valence-corrected chi connectivity index (χ3v) is 4.01. The second-order valence-electron chi connectivity index (χ2n) is 6.19. The van der Waals surface area contributed by atoms with Crippen molar-refractivity contribution in [2.45, 2.75) is 55.7 Å². The number of halogens is 4. The number of rotatable bonds is 6. The maximum atomic E-state index is 6.40. The Balaban J connectivity index is 2.43. The monoisotopic (exact) mass is 400 g/mol. The van der Waals surface area contributed by atoms with Gasteiger partial charge in [0.1, 0.15) is 22.1 Å². The number of hydrogen-bond acceptors (Lipinski definition) is 3. The molecule has 1 aromatic carbocycles. The highest BCUT2D eigenvalue weighted by Crippen LogP contribution is 2.52. The predicted molar refractivity (Wildman–Crippen MR) is 95.5 cm³/mol. The Kier molecular flexibility index (Phi) is 5.91. The first-order chi connectivity index (χ1) is 10.5. The predicted octanol–water partition coefficient (Wildman–Crippen LogP) is 5.90. The fourth-order valence-electron chi connectivity index (χ4n) is 2.30. The molecule has 0 amide bonds. The average Bonchev–Trinajstić information content (AvgIpc) is 3.11. The molecule has 1 aromatic rings. The first-order valence-electron chi connectivity index (χ1n) is 7.40. The van der Waals surface area contributed by atoms with Gasteiger partial charge in [-0.1, -0.05) is 46.4 Å². The highest BCUT2D eigenvalue weighted by Gasteiger charge is 2.51. The molecular formula is C16H20Cl4O3. The van der Waals surface area contributed by atoms with Crippen LogP contribution in [0.1, 0.15) is 39.7 Å². The highest BCUT2D eigenvalue weighted by molar-refractivity contribution is 6.67. The van der Waals surface area contributed by atoms with Crippen molar-refractivity contribution < 1.29 is 14.2 Å². The highest BCUT2D eigenvalue weighted by atomic mass is 35.6. The van der Waals surface area contributed by atoms with Gasteiger partial charge in [-0.15, -0.1) is 0 Å². The van der Waals surface area contributed by atoms with Crippen molar-refractivity contribution in [2.75, 3.05) is 6.61 Å². The molecule has 0 aliphatic carbocycles. The van der Waals surface area contributed by atoms with Gasteiger partial charge in [0.15, 0.2) is 3.79 Å². The van der Waals surface area contributed by atoms with E-state index in [1.54, 1.807) is 0 Å². The van der Waals surface area contributed by atoms with Gasteiger partial charge in [-0.2, -0.15) is 0 Å². The molecule has 0 saturated carbocycles. The molecule has 1 atom stereocenters. The normalized spacial score (nSPS) is 21.0. The van der Waals surface area contributed by atoms with Gasteiger partial charge in [0.2, 0.25) is 0 Å². The van der Waals surface area contributed by atoms with Crippen molar-refractivity contribution in [3.63, 3.8) is 0 Å². The molecule has 0 bridgehead atoms. The summed E-state index contributed by atoms with van der Waals surface area (Å²) in [5.74, 6) is 1.07. The van der Waals surface area contributed by atoms with Crippen LogP contribution in [-0.4, -0.2) is 22.6 Å². The van der Waals surface area contributed by atoms with E-state index in [1.807, 2.05) is 39.8 Å². The van der Waals surface area contributed by atoms with Gasteiger partial charge in [0.05, 0.1) is 18.8 Å². The minimum absolute atomic E-state index is 0.0288. The second-order valence-corrected chi connectivity index (χ2v) is 9.09. The van der Waals surface area contributed by atoms with E-state index in [1.165, 1.54) is 0 Å². The first-order valence-corrected chi connectivity index (χ1v) is 8.92. The van der Waals surface area contributed by atoms with E-state index in [2.05, 4.69) is 0 Å². The zero-order valence-electron chi connectivity index (χ0n) is 13.5. The quantitative estimate of drug-likeness (QED) is 0.439. The lowest BCUT2D eigenvalue weighted by atomic mass is 9.96. The van der Waals surface area contributed by atoms with E-state index in [0.717, 1.165) is 5.56 Å². The van der Waals surface area contributed by atoms with Crippen molar-refractivity contribution in [3.05, 3.63) is 22.7 Å². The fraction of sp³-hybridized carbons (Fsp3) is 0.625. The number of benzene rings is 1. The number of ether oxygens (including phenoxy) is 3. The molecule has 1 aliphatic rings. The zero-order valence-corrected chi connectivity index (χ0v) is 16.5. The molecule has 130 valence electrons. The molecule has 0 N–H and O–H groups in total. The van der Waals surface area contributed by atoms with Crippen molar-refractivity contribution >= 4 is 46.4 Å². The number of epoxide rings is 1. The fourth-order valence-corrected chi connectivity index (χ4v) is 3.14. The van der Waals surface area contributed by atoms with Gasteiger partial charge in [-0.05, 0) is 45.4 Å². The molecular weight excluding hydrogens is 382 g/mol. The van der Waals surface area contributed by atoms with Gasteiger partial charge in [-0.3, -0.25) is 0 Å². The summed E-state index contributed by atoms with van der Waals surface area (Å²) in [6.45, 7) is 8.19. The molecule has 3 nitrogen and oxygen atoms in total. The van der Waals surface area contributed by atoms with Crippen molar-refractivity contribution in [3.8, 4) is 11.5 Å². The largest absolute Gasteiger partial charge is 0.489 e. The van der Waals surface area contributed by atoms with Crippen LogP contribution >= 0.6 is 46.4 Å². The average molecular weight is 402 g/mol. The summed E-state index contributed by atoms with van der Waals surface area (Å²) in [6, 6.07) is 3.66. The lowest BCUT2D eigenvalue weighted by Crippen LogP contribution is -2.19. The molecule has 1 fully saturated rings. The van der Waals surface area contributed by atoms with E-state index in [0.29, 0.717) is 23.1 Å². The maximum Gasteiger partial charge on any atom is 0.193 e. The van der Waals surface area contributed by atoms with Crippen LogP contribution in [0.5, 0.6) is 11.5 Å². The molecule has 1 saturated heterocycles. The van der Waals surface area contributed by atoms with Gasteiger partial charge in [0, 0.05) is 6.42 Å². The van der Waals surface area contributed by atoms with Crippen LogP contribution in [-0.2, 0) is 10.3 Å². The summed E-state index contributed by atoms with van der Waals surface area (Å²) >= 11 is 24.3. The number of alkyl halides is 3. The summed E-state index contributed by atoms with van der Waals surface area (Å²) in [5.41, 5.74) is 0.194. The van der Waals surface area contributed by atoms with Gasteiger partial charge >= 0.3 is 0 Å². The summed E-state index contributed by atoms with van der Waals surface area (Å²) in [7, 11) is 0. The third kappa shape index (κ3) is 5.20. The Bertz CT molecular complexity index is 532. The molecule has 2 rings (SSSR count). The molecule has 1 heterocycles. The van der Waals surface area contributed by atoms with Crippen molar-refractivity contribution in [1.82, 2.24) is 0 Å². The lowest BCUT2D eigenvalue weighted by molar-refractivity contribution is 0.226. The van der Waals surface area contributed by atoms with E-state index in [-0.39, 0.29) is 18.6 Å². The van der Waals surface area contributed by atoms with Crippen LogP contribution in [0, 0.1) is 0 Å². The topological polar surface area (TPSA) is 31.0 Å². The SMILES string of the molecule is CC(C)Oc1cc(C2(CC(Cl)(Cl)Cl)CO2)cc(OC(C)C)c1Cl. The van der Waals surface area contributed by atoms with E-state index >= 15 is 0 Å². The Morgan fingerprint density at radius 3 is 1.83 bits per heavy atom. The Morgan fingerprint density at radius 1 is 1.09 bits per heavy atom. The van der Waals surface area contributed by atoms with E-state index < -0.39 is 9.39 Å². The van der Waals surface area contributed by atoms with Crippen LogP contribution in [0.3, 0.4) is 0 Å². The Hall–Kier alpha value is -0.0600. The number of hydrogen-bond donors (Lipinski definition) is 0. The van der Waals surface area contributed by atoms with Gasteiger partial charge in [-0.25, -0.2) is 0 Å². The summed E-state index contributed by atoms with van der Waals surface area (Å²) in [6.07, 6.45) is 0.187. The summed E-state index contributed by atoms with van der Waals surface area (Å²) < 4.78 is 15.8. The van der Waals surface area contributed by atoms with Crippen LogP contribution in [0.2, 0.25) is 5.02 Å². The summed E-state index contributed by atoms with van der Waals surface area (Å²) in [5, 5.41) is 0.431. The molecule has 1 unspecified atom stereocenters. The second kappa shape index (κ2) is 7.05. The van der Waals surface area contributed by atoms with E-state index in [4.69, 9.17) is 60.6 Å². The molecule has 1 aliphatic heterocycles. The molecule has 0 spiro atoms. The minimum atomic E-state index is -1.41. The van der Waals surface area contributed by atoms with Gasteiger partial charge in [0.25, 0.3) is 0 Å². The standard InChI is InChI=1S/C16H20Cl4O3/c1-9(2)22-12-5-11(6-13(14(12)17)23-10(3)4)15(8-21-15)7-16(18,19)20/h5-6,9-10H,7-8H2,1-4H3. The molecule has 23 heavy (non-hydrogen) atoms. The van der Waals surface area contributed by atoms with Crippen LogP contribution in [0.25, 0.3) is 0 Å². The van der Waals surface area contributed by atoms with E-state index in [9.17, 15) is 0 Å². The summed E-state index contributed by atoms with van der Waals surface area (Å²) in [4.78, 5) is 0. The lowest BCUT2D eigenvalue weighted by Gasteiger charge is -2.22. The smallest absolute Gasteiger partial charge is 0.193 e. The third-order valence-electron chi connectivity index (χ3n) is 3.24. The Morgan fingerprint density at radius 2 is 1.52 bits per heavy atom. The first kappa shape index (κ1) is 19.3. The molecule has 7 heteroatoms. The maximum absolute atomic E-state index is 6.40. The van der Waals surface area contributed by atoms with Crippen LogP contribution < -0.4 is 9.47 Å². The van der Waals surface area contributed by atoms with Crippen LogP contribution in [0.15, 0.2) is 12.1 Å². The zero-order chi connectivity index (χ0) is 17.4. The minimum Gasteiger partial charge on any atom is -0.489 e. The molecule has 0 radical (unpaired) electrons. The molecule has 0 aromatic heterocycles. The van der Waals surface area contributed by atoms with Crippen molar-refractivity contribution in [2.24, 2.45) is 0 Å². The van der Waals surface area contributed by atoms with Crippen LogP contribution in [0.4, 0.5) is 0 Å². The van der Waals surface area contributed by atoms with Crippen molar-refractivity contribution in [1.29, 1.82) is 0 Å². The Labute approximate surface area is 157 Å².